The van der Waals surface area contributed by atoms with Crippen molar-refractivity contribution in [3.63, 3.8) is 0 Å². The van der Waals surface area contributed by atoms with E-state index in [1.807, 2.05) is 29.7 Å². The summed E-state index contributed by atoms with van der Waals surface area (Å²) >= 11 is 0. The fourth-order valence-electron chi connectivity index (χ4n) is 5.42. The average molecular weight is 553 g/mol. The molecule has 0 saturated heterocycles. The molecule has 7 nitrogen and oxygen atoms in total. The summed E-state index contributed by atoms with van der Waals surface area (Å²) < 4.78 is 18.9. The smallest absolute Gasteiger partial charge is 0.361 e. The normalized spacial score (nSPS) is 11.3. The summed E-state index contributed by atoms with van der Waals surface area (Å²) in [5.41, 5.74) is 7.99. The van der Waals surface area contributed by atoms with Crippen molar-refractivity contribution in [2.75, 3.05) is 28.3 Å². The Morgan fingerprint density at radius 3 is 2.10 bits per heavy atom. The van der Waals surface area contributed by atoms with E-state index in [2.05, 4.69) is 45.0 Å². The Balaban J connectivity index is 1.92. The van der Waals surface area contributed by atoms with E-state index in [1.54, 1.807) is 32.2 Å². The van der Waals surface area contributed by atoms with Crippen molar-refractivity contribution < 1.29 is 18.7 Å². The molecule has 5 rings (SSSR count). The van der Waals surface area contributed by atoms with Gasteiger partial charge in [0.05, 0.1) is 14.2 Å². The maximum atomic E-state index is 14.0. The Labute approximate surface area is 239 Å². The van der Waals surface area contributed by atoms with Gasteiger partial charge in [0.2, 0.25) is 0 Å². The molecule has 0 N–H and O–H groups in total. The van der Waals surface area contributed by atoms with Crippen molar-refractivity contribution >= 4 is 27.8 Å². The molecule has 0 radical (unpaired) electrons. The maximum absolute atomic E-state index is 14.0. The number of carbonyl (C=O) groups excluding carboxylic acids is 1. The number of ether oxygens (including phenoxy) is 2. The fraction of sp³-hybridized carbons (Fsp3) is 0.294. The summed E-state index contributed by atoms with van der Waals surface area (Å²) in [7, 11) is 6.57. The van der Waals surface area contributed by atoms with E-state index >= 15 is 0 Å². The van der Waals surface area contributed by atoms with Crippen molar-refractivity contribution in [1.29, 1.82) is 0 Å². The maximum Gasteiger partial charge on any atom is 0.361 e. The van der Waals surface area contributed by atoms with Crippen LogP contribution in [0.2, 0.25) is 0 Å². The molecule has 3 aromatic carbocycles. The molecule has 0 aliphatic carbocycles. The Bertz CT molecular complexity index is 1880. The van der Waals surface area contributed by atoms with Crippen molar-refractivity contribution in [3.05, 3.63) is 92.5 Å². The van der Waals surface area contributed by atoms with Gasteiger partial charge in [-0.1, -0.05) is 36.4 Å². The summed E-state index contributed by atoms with van der Waals surface area (Å²) in [6, 6.07) is 16.0. The molecule has 0 saturated carbocycles. The van der Waals surface area contributed by atoms with Crippen LogP contribution in [0.1, 0.15) is 38.3 Å². The first kappa shape index (κ1) is 28.0. The van der Waals surface area contributed by atoms with Crippen molar-refractivity contribution in [1.82, 2.24) is 9.47 Å². The number of hydrogen-bond acceptors (Lipinski definition) is 5. The van der Waals surface area contributed by atoms with Gasteiger partial charge in [0.25, 0.3) is 5.91 Å². The van der Waals surface area contributed by atoms with Crippen molar-refractivity contribution in [2.24, 2.45) is 0 Å². The Hall–Kier alpha value is -4.52. The topological polar surface area (TPSA) is 73.9 Å². The molecule has 0 aliphatic heterocycles. The van der Waals surface area contributed by atoms with Crippen LogP contribution in [0.4, 0.5) is 0 Å². The molecule has 5 aromatic rings. The molecule has 0 unspecified atom stereocenters. The molecule has 212 valence electrons. The van der Waals surface area contributed by atoms with E-state index in [9.17, 15) is 9.59 Å². The monoisotopic (exact) mass is 552 g/mol. The zero-order chi connectivity index (χ0) is 29.6. The number of nitrogens with zero attached hydrogens (tertiary/aromatic N) is 2. The van der Waals surface area contributed by atoms with Crippen LogP contribution in [-0.2, 0) is 13.0 Å². The van der Waals surface area contributed by atoms with Gasteiger partial charge in [-0.25, -0.2) is 4.79 Å². The van der Waals surface area contributed by atoms with E-state index in [0.717, 1.165) is 22.3 Å². The fourth-order valence-corrected chi connectivity index (χ4v) is 5.42. The minimum atomic E-state index is -0.511. The summed E-state index contributed by atoms with van der Waals surface area (Å²) in [6.07, 6.45) is 0.633. The van der Waals surface area contributed by atoms with Gasteiger partial charge in [0.1, 0.15) is 16.8 Å². The quantitative estimate of drug-likeness (QED) is 0.213. The van der Waals surface area contributed by atoms with Gasteiger partial charge in [0.15, 0.2) is 11.5 Å². The molecule has 41 heavy (non-hydrogen) atoms. The summed E-state index contributed by atoms with van der Waals surface area (Å²) in [5, 5.41) is 1.33. The molecule has 0 fully saturated rings. The molecule has 0 atom stereocenters. The number of rotatable bonds is 7. The molecular formula is C34H36N2O5. The molecule has 7 heteroatoms. The van der Waals surface area contributed by atoms with E-state index < -0.39 is 5.63 Å². The van der Waals surface area contributed by atoms with Gasteiger partial charge in [-0.2, -0.15) is 0 Å². The van der Waals surface area contributed by atoms with E-state index in [0.29, 0.717) is 57.6 Å². The van der Waals surface area contributed by atoms with Crippen LogP contribution in [0.15, 0.2) is 57.7 Å². The minimum Gasteiger partial charge on any atom is -0.493 e. The molecular weight excluding hydrogens is 516 g/mol. The number of hydrogen-bond donors (Lipinski definition) is 0. The first-order chi connectivity index (χ1) is 19.5. The van der Waals surface area contributed by atoms with Crippen LogP contribution in [0.5, 0.6) is 11.5 Å². The molecule has 0 aliphatic rings. The third-order valence-corrected chi connectivity index (χ3v) is 8.01. The van der Waals surface area contributed by atoms with Crippen LogP contribution in [0.3, 0.4) is 0 Å². The van der Waals surface area contributed by atoms with Gasteiger partial charge in [-0.3, -0.25) is 4.79 Å². The zero-order valence-corrected chi connectivity index (χ0v) is 25.0. The third kappa shape index (κ3) is 4.86. The van der Waals surface area contributed by atoms with Gasteiger partial charge in [0, 0.05) is 43.0 Å². The Morgan fingerprint density at radius 1 is 0.854 bits per heavy atom. The van der Waals surface area contributed by atoms with E-state index in [4.69, 9.17) is 13.9 Å². The Morgan fingerprint density at radius 2 is 1.49 bits per heavy atom. The predicted molar refractivity (Wildman–Crippen MR) is 164 cm³/mol. The van der Waals surface area contributed by atoms with Gasteiger partial charge in [-0.15, -0.1) is 0 Å². The number of amides is 1. The third-order valence-electron chi connectivity index (χ3n) is 8.01. The van der Waals surface area contributed by atoms with Gasteiger partial charge < -0.3 is 23.4 Å². The first-order valence-electron chi connectivity index (χ1n) is 13.7. The van der Waals surface area contributed by atoms with Crippen LogP contribution < -0.4 is 15.1 Å². The van der Waals surface area contributed by atoms with Crippen LogP contribution in [0, 0.1) is 27.7 Å². The lowest BCUT2D eigenvalue weighted by Crippen LogP contribution is -2.26. The molecule has 0 bridgehead atoms. The zero-order valence-electron chi connectivity index (χ0n) is 25.0. The number of methoxy groups -OCH3 is 2. The molecule has 2 aromatic heterocycles. The summed E-state index contributed by atoms with van der Waals surface area (Å²) in [5.74, 6) is 0.765. The minimum absolute atomic E-state index is 0.192. The van der Waals surface area contributed by atoms with Crippen molar-refractivity contribution in [2.45, 2.75) is 40.7 Å². The number of fused-ring (bicyclic) bond motifs is 3. The average Bonchev–Trinajstić information content (AvgIpc) is 3.29. The standard InChI is InChI=1S/C34H36N2O5/c1-19-9-11-23(15-21(19)3)13-14-36-31(33(37)35(5)6)29(24-12-10-20(2)22(4)16-24)30-25-17-27(39-7)28(40-8)18-26(25)41-34(38)32(30)36/h9-12,15-18H,13-14H2,1-8H3. The predicted octanol–water partition coefficient (Wildman–Crippen LogP) is 6.61. The second kappa shape index (κ2) is 10.8. The van der Waals surface area contributed by atoms with Gasteiger partial charge >= 0.3 is 5.63 Å². The highest BCUT2D eigenvalue weighted by molar-refractivity contribution is 6.18. The lowest BCUT2D eigenvalue weighted by atomic mass is 9.96. The van der Waals surface area contributed by atoms with E-state index in [-0.39, 0.29) is 5.91 Å². The first-order valence-corrected chi connectivity index (χ1v) is 13.7. The lowest BCUT2D eigenvalue weighted by molar-refractivity contribution is 0.0818. The molecule has 1 amide bonds. The Kier molecular flexibility index (Phi) is 7.39. The van der Waals surface area contributed by atoms with E-state index in [1.165, 1.54) is 18.2 Å². The summed E-state index contributed by atoms with van der Waals surface area (Å²) in [6.45, 7) is 8.69. The summed E-state index contributed by atoms with van der Waals surface area (Å²) in [4.78, 5) is 29.3. The molecule has 2 heterocycles. The van der Waals surface area contributed by atoms with Crippen molar-refractivity contribution in [3.8, 4) is 22.6 Å². The lowest BCUT2D eigenvalue weighted by Gasteiger charge is -2.16. The number of aromatic nitrogens is 1. The molecule has 0 spiro atoms. The SMILES string of the molecule is COc1cc2oc(=O)c3c(c(-c4ccc(C)c(C)c4)c(C(=O)N(C)C)n3CCc3ccc(C)c(C)c3)c2cc1OC. The van der Waals surface area contributed by atoms with Crippen LogP contribution in [0.25, 0.3) is 33.0 Å². The number of aryl methyl sites for hydroxylation is 6. The largest absolute Gasteiger partial charge is 0.493 e. The van der Waals surface area contributed by atoms with Crippen LogP contribution in [-0.4, -0.2) is 43.7 Å². The van der Waals surface area contributed by atoms with Crippen LogP contribution >= 0.6 is 0 Å². The van der Waals surface area contributed by atoms with Gasteiger partial charge in [-0.05, 0) is 73.6 Å². The second-order valence-electron chi connectivity index (χ2n) is 10.9. The second-order valence-corrected chi connectivity index (χ2v) is 10.9. The highest BCUT2D eigenvalue weighted by Gasteiger charge is 2.29. The highest BCUT2D eigenvalue weighted by atomic mass is 16.5. The number of benzene rings is 3. The number of carbonyl (C=O) groups is 1. The highest BCUT2D eigenvalue weighted by Crippen LogP contribution is 2.42.